The van der Waals surface area contributed by atoms with Crippen LogP contribution in [0.5, 0.6) is 0 Å². The largest absolute Gasteiger partial charge is 0.353 e. The highest BCUT2D eigenvalue weighted by atomic mass is 32.1. The second-order valence-corrected chi connectivity index (χ2v) is 7.45. The van der Waals surface area contributed by atoms with E-state index < -0.39 is 0 Å². The number of carbonyl (C=O) groups is 2. The van der Waals surface area contributed by atoms with Gasteiger partial charge in [-0.25, -0.2) is 9.78 Å². The summed E-state index contributed by atoms with van der Waals surface area (Å²) in [5, 5.41) is 11.6. The fraction of sp³-hybridized carbons (Fsp3) is 0.421. The van der Waals surface area contributed by atoms with Crippen molar-refractivity contribution in [2.75, 3.05) is 5.32 Å². The van der Waals surface area contributed by atoms with Gasteiger partial charge in [0.15, 0.2) is 0 Å². The van der Waals surface area contributed by atoms with E-state index >= 15 is 0 Å². The lowest BCUT2D eigenvalue weighted by Crippen LogP contribution is -2.28. The second-order valence-electron chi connectivity index (χ2n) is 6.51. The first kappa shape index (κ1) is 18.4. The molecule has 1 aliphatic rings. The smallest absolute Gasteiger partial charge is 0.319 e. The predicted molar refractivity (Wildman–Crippen MR) is 103 cm³/mol. The van der Waals surface area contributed by atoms with Crippen LogP contribution in [0.25, 0.3) is 0 Å². The molecule has 1 saturated carbocycles. The summed E-state index contributed by atoms with van der Waals surface area (Å²) < 4.78 is 0. The van der Waals surface area contributed by atoms with Crippen molar-refractivity contribution in [2.45, 2.75) is 51.6 Å². The van der Waals surface area contributed by atoms with Crippen molar-refractivity contribution in [3.8, 4) is 0 Å². The second kappa shape index (κ2) is 8.80. The van der Waals surface area contributed by atoms with Crippen LogP contribution < -0.4 is 16.0 Å². The van der Waals surface area contributed by atoms with E-state index in [9.17, 15) is 9.59 Å². The highest BCUT2D eigenvalue weighted by molar-refractivity contribution is 7.09. The molecule has 3 amide bonds. The molecule has 0 atom stereocenters. The predicted octanol–water partition coefficient (Wildman–Crippen LogP) is 3.24. The van der Waals surface area contributed by atoms with Crippen molar-refractivity contribution in [1.29, 1.82) is 0 Å². The van der Waals surface area contributed by atoms with Crippen LogP contribution in [0, 0.1) is 0 Å². The molecule has 138 valence electrons. The average molecular weight is 372 g/mol. The number of rotatable bonds is 8. The van der Waals surface area contributed by atoms with Gasteiger partial charge in [-0.1, -0.05) is 19.1 Å². The minimum absolute atomic E-state index is 0.0525. The van der Waals surface area contributed by atoms with Gasteiger partial charge in [-0.05, 0) is 43.4 Å². The minimum atomic E-state index is -0.269. The molecular formula is C19H24N4O2S. The molecule has 0 saturated heterocycles. The monoisotopic (exact) mass is 372 g/mol. The summed E-state index contributed by atoms with van der Waals surface area (Å²) >= 11 is 1.63. The molecule has 3 rings (SSSR count). The molecule has 0 bridgehead atoms. The van der Waals surface area contributed by atoms with E-state index in [0.29, 0.717) is 24.7 Å². The highest BCUT2D eigenvalue weighted by Gasteiger charge is 2.23. The van der Waals surface area contributed by atoms with Gasteiger partial charge in [-0.2, -0.15) is 0 Å². The first-order valence-corrected chi connectivity index (χ1v) is 9.87. The maximum Gasteiger partial charge on any atom is 0.319 e. The van der Waals surface area contributed by atoms with Crippen LogP contribution in [-0.2, 0) is 24.2 Å². The number of benzene rings is 1. The number of hydrogen-bond donors (Lipinski definition) is 3. The zero-order chi connectivity index (χ0) is 18.4. The molecule has 0 unspecified atom stereocenters. The van der Waals surface area contributed by atoms with Crippen LogP contribution in [-0.4, -0.2) is 23.0 Å². The average Bonchev–Trinajstić information content (AvgIpc) is 3.31. The Kier molecular flexibility index (Phi) is 6.22. The van der Waals surface area contributed by atoms with Gasteiger partial charge in [-0.15, -0.1) is 11.3 Å². The lowest BCUT2D eigenvalue weighted by molar-refractivity contribution is -0.120. The molecule has 6 nitrogen and oxygen atoms in total. The molecule has 1 aliphatic carbocycles. The molecule has 3 N–H and O–H groups in total. The number of urea groups is 1. The number of nitrogens with zero attached hydrogens (tertiary/aromatic N) is 1. The summed E-state index contributed by atoms with van der Waals surface area (Å²) in [5.41, 5.74) is 2.50. The van der Waals surface area contributed by atoms with Crippen LogP contribution in [0.2, 0.25) is 0 Å². The molecule has 0 aliphatic heterocycles. The van der Waals surface area contributed by atoms with Crippen LogP contribution in [0.3, 0.4) is 0 Å². The lowest BCUT2D eigenvalue weighted by atomic mass is 10.1. The van der Waals surface area contributed by atoms with Crippen LogP contribution in [0.15, 0.2) is 29.6 Å². The van der Waals surface area contributed by atoms with Crippen LogP contribution in [0.4, 0.5) is 10.5 Å². The number of hydrogen-bond acceptors (Lipinski definition) is 4. The number of anilines is 1. The minimum Gasteiger partial charge on any atom is -0.353 e. The van der Waals surface area contributed by atoms with Gasteiger partial charge in [0, 0.05) is 17.1 Å². The first-order valence-electron chi connectivity index (χ1n) is 8.99. The Morgan fingerprint density at radius 1 is 1.23 bits per heavy atom. The standard InChI is InChI=1S/C19H24N4O2S/c1-2-3-18-22-16(12-26-18)11-20-19(25)23-15-6-4-13(5-7-15)10-17(24)21-14-8-9-14/h4-7,12,14H,2-3,8-11H2,1H3,(H,21,24)(H2,20,23,25). The van der Waals surface area contributed by atoms with Crippen molar-refractivity contribution >= 4 is 29.0 Å². The van der Waals surface area contributed by atoms with Gasteiger partial charge in [0.2, 0.25) is 5.91 Å². The van der Waals surface area contributed by atoms with E-state index in [1.165, 1.54) is 0 Å². The zero-order valence-electron chi connectivity index (χ0n) is 14.9. The van der Waals surface area contributed by atoms with Gasteiger partial charge in [0.1, 0.15) is 0 Å². The number of thiazole rings is 1. The van der Waals surface area contributed by atoms with E-state index in [4.69, 9.17) is 0 Å². The molecule has 1 aromatic carbocycles. The SMILES string of the molecule is CCCc1nc(CNC(=O)Nc2ccc(CC(=O)NC3CC3)cc2)cs1. The van der Waals surface area contributed by atoms with Crippen LogP contribution in [0.1, 0.15) is 42.5 Å². The molecule has 7 heteroatoms. The number of nitrogens with one attached hydrogen (secondary N) is 3. The van der Waals surface area contributed by atoms with Crippen LogP contribution >= 0.6 is 11.3 Å². The van der Waals surface area contributed by atoms with E-state index in [1.54, 1.807) is 11.3 Å². The summed E-state index contributed by atoms with van der Waals surface area (Å²) in [6, 6.07) is 7.44. The maximum absolute atomic E-state index is 12.0. The Morgan fingerprint density at radius 2 is 2.00 bits per heavy atom. The third-order valence-corrected chi connectivity index (χ3v) is 4.97. The Bertz CT molecular complexity index is 753. The molecule has 26 heavy (non-hydrogen) atoms. The first-order chi connectivity index (χ1) is 12.6. The van der Waals surface area contributed by atoms with Crippen molar-refractivity contribution < 1.29 is 9.59 Å². The topological polar surface area (TPSA) is 83.1 Å². The molecule has 1 heterocycles. The highest BCUT2D eigenvalue weighted by Crippen LogP contribution is 2.19. The summed E-state index contributed by atoms with van der Waals surface area (Å²) in [6.07, 6.45) is 4.59. The van der Waals surface area contributed by atoms with Crippen molar-refractivity contribution in [3.05, 3.63) is 45.9 Å². The lowest BCUT2D eigenvalue weighted by Gasteiger charge is -2.08. The third-order valence-electron chi connectivity index (χ3n) is 4.01. The molecule has 2 aromatic rings. The molecular weight excluding hydrogens is 348 g/mol. The van der Waals surface area contributed by atoms with E-state index in [-0.39, 0.29) is 11.9 Å². The van der Waals surface area contributed by atoms with Crippen molar-refractivity contribution in [3.63, 3.8) is 0 Å². The summed E-state index contributed by atoms with van der Waals surface area (Å²) in [4.78, 5) is 28.3. The van der Waals surface area contributed by atoms with Gasteiger partial charge < -0.3 is 16.0 Å². The fourth-order valence-corrected chi connectivity index (χ4v) is 3.40. The van der Waals surface area contributed by atoms with Crippen molar-refractivity contribution in [1.82, 2.24) is 15.6 Å². The van der Waals surface area contributed by atoms with Gasteiger partial charge >= 0.3 is 6.03 Å². The van der Waals surface area contributed by atoms with Gasteiger partial charge in [-0.3, -0.25) is 4.79 Å². The Balaban J connectivity index is 1.42. The van der Waals surface area contributed by atoms with Crippen molar-refractivity contribution in [2.24, 2.45) is 0 Å². The fourth-order valence-electron chi connectivity index (χ4n) is 2.50. The number of aromatic nitrogens is 1. The molecule has 1 fully saturated rings. The summed E-state index contributed by atoms with van der Waals surface area (Å²) in [5.74, 6) is 0.0525. The zero-order valence-corrected chi connectivity index (χ0v) is 15.7. The third kappa shape index (κ3) is 5.84. The molecule has 1 aromatic heterocycles. The number of carbonyl (C=O) groups excluding carboxylic acids is 2. The van der Waals surface area contributed by atoms with E-state index in [2.05, 4.69) is 27.9 Å². The molecule has 0 spiro atoms. The Morgan fingerprint density at radius 3 is 2.69 bits per heavy atom. The maximum atomic E-state index is 12.0. The summed E-state index contributed by atoms with van der Waals surface area (Å²) in [7, 11) is 0. The Labute approximate surface area is 157 Å². The quantitative estimate of drug-likeness (QED) is 0.665. The molecule has 0 radical (unpaired) electrons. The number of amides is 3. The number of aryl methyl sites for hydroxylation is 1. The normalized spacial score (nSPS) is 13.3. The summed E-state index contributed by atoms with van der Waals surface area (Å²) in [6.45, 7) is 2.53. The van der Waals surface area contributed by atoms with E-state index in [0.717, 1.165) is 41.9 Å². The Hall–Kier alpha value is -2.41. The van der Waals surface area contributed by atoms with Gasteiger partial charge in [0.05, 0.1) is 23.7 Å². The van der Waals surface area contributed by atoms with Gasteiger partial charge in [0.25, 0.3) is 0 Å². The van der Waals surface area contributed by atoms with E-state index in [1.807, 2.05) is 29.6 Å².